The fourth-order valence-electron chi connectivity index (χ4n) is 3.29. The third kappa shape index (κ3) is 4.65. The lowest BCUT2D eigenvalue weighted by Gasteiger charge is -2.15. The number of nitrogens with one attached hydrogen (secondary N) is 2. The highest BCUT2D eigenvalue weighted by Crippen LogP contribution is 2.42. The van der Waals surface area contributed by atoms with Crippen molar-refractivity contribution in [2.75, 3.05) is 12.8 Å². The first kappa shape index (κ1) is 18.9. The molecule has 2 aromatic carbocycles. The van der Waals surface area contributed by atoms with Crippen LogP contribution in [-0.2, 0) is 17.8 Å². The first-order chi connectivity index (χ1) is 12.6. The summed E-state index contributed by atoms with van der Waals surface area (Å²) in [6, 6.07) is 13.2. The summed E-state index contributed by atoms with van der Waals surface area (Å²) in [5, 5.41) is 5.91. The van der Waals surface area contributed by atoms with E-state index in [1.165, 1.54) is 22.1 Å². The average molecular weight is 373 g/mol. The topological polar surface area (TPSA) is 41.1 Å². The van der Waals surface area contributed by atoms with Gasteiger partial charge in [-0.15, -0.1) is 11.8 Å². The Balaban J connectivity index is 1.62. The largest absolute Gasteiger partial charge is 0.358 e. The summed E-state index contributed by atoms with van der Waals surface area (Å²) in [5.41, 5.74) is 3.64. The number of benzene rings is 2. The van der Waals surface area contributed by atoms with Crippen LogP contribution in [-0.4, -0.2) is 24.7 Å². The maximum atomic E-state index is 13.4. The Morgan fingerprint density at radius 2 is 2.12 bits per heavy atom. The minimum Gasteiger partial charge on any atom is -0.358 e. The van der Waals surface area contributed by atoms with Crippen molar-refractivity contribution in [1.82, 2.24) is 10.6 Å². The molecule has 0 fully saturated rings. The molecular weight excluding hydrogens is 347 g/mol. The van der Waals surface area contributed by atoms with Gasteiger partial charge < -0.3 is 10.6 Å². The molecule has 0 spiro atoms. The lowest BCUT2D eigenvalue weighted by molar-refractivity contribution is -0.122. The fraction of sp³-hybridized carbons (Fsp3) is 0.381. The second kappa shape index (κ2) is 8.69. The van der Waals surface area contributed by atoms with E-state index in [1.54, 1.807) is 19.2 Å². The molecule has 0 aliphatic carbocycles. The van der Waals surface area contributed by atoms with Crippen molar-refractivity contribution in [3.8, 4) is 0 Å². The number of fused-ring (bicyclic) bond motifs is 1. The second-order valence-corrected chi connectivity index (χ2v) is 7.83. The summed E-state index contributed by atoms with van der Waals surface area (Å²) < 4.78 is 13.4. The van der Waals surface area contributed by atoms with Gasteiger partial charge in [0.25, 0.3) is 0 Å². The molecule has 0 radical (unpaired) electrons. The molecule has 138 valence electrons. The number of thioether (sulfide) groups is 1. The van der Waals surface area contributed by atoms with Gasteiger partial charge in [-0.2, -0.15) is 0 Å². The Bertz CT molecular complexity index is 780. The molecule has 5 heteroatoms. The lowest BCUT2D eigenvalue weighted by Crippen LogP contribution is -2.40. The van der Waals surface area contributed by atoms with Crippen LogP contribution in [0.15, 0.2) is 47.4 Å². The van der Waals surface area contributed by atoms with Gasteiger partial charge in [0.15, 0.2) is 0 Å². The number of rotatable bonds is 7. The van der Waals surface area contributed by atoms with E-state index < -0.39 is 0 Å². The van der Waals surface area contributed by atoms with E-state index in [4.69, 9.17) is 0 Å². The molecule has 3 nitrogen and oxygen atoms in total. The first-order valence-corrected chi connectivity index (χ1v) is 10.0. The third-order valence-corrected chi connectivity index (χ3v) is 6.13. The molecular formula is C21H25FN2OS. The highest BCUT2D eigenvalue weighted by atomic mass is 32.2. The fourth-order valence-corrected chi connectivity index (χ4v) is 4.57. The van der Waals surface area contributed by atoms with E-state index in [9.17, 15) is 9.18 Å². The van der Waals surface area contributed by atoms with Crippen LogP contribution in [0.1, 0.15) is 36.0 Å². The molecule has 0 saturated carbocycles. The molecule has 2 atom stereocenters. The summed E-state index contributed by atoms with van der Waals surface area (Å²) in [6.45, 7) is 2.53. The number of likely N-dealkylation sites (N-methyl/N-ethyl adjacent to an activating group) is 1. The zero-order valence-electron chi connectivity index (χ0n) is 15.2. The van der Waals surface area contributed by atoms with Crippen LogP contribution >= 0.6 is 11.8 Å². The minimum absolute atomic E-state index is 0.00492. The highest BCUT2D eigenvalue weighted by Gasteiger charge is 2.23. The Hall–Kier alpha value is -1.85. The van der Waals surface area contributed by atoms with Crippen molar-refractivity contribution in [2.45, 2.75) is 43.2 Å². The molecule has 0 aromatic heterocycles. The smallest absolute Gasteiger partial charge is 0.236 e. The Labute approximate surface area is 158 Å². The number of aryl methyl sites for hydroxylation is 1. The van der Waals surface area contributed by atoms with Gasteiger partial charge in [0, 0.05) is 24.2 Å². The highest BCUT2D eigenvalue weighted by molar-refractivity contribution is 7.99. The zero-order chi connectivity index (χ0) is 18.5. The van der Waals surface area contributed by atoms with Crippen molar-refractivity contribution in [2.24, 2.45) is 0 Å². The molecule has 1 aliphatic rings. The van der Waals surface area contributed by atoms with Crippen LogP contribution in [0.3, 0.4) is 0 Å². The van der Waals surface area contributed by atoms with Gasteiger partial charge in [0.2, 0.25) is 5.91 Å². The molecule has 0 bridgehead atoms. The standard InChI is InChI=1S/C21H25FN2OS/c1-14(21(25)23-2)24-12-16-7-9-20-19(11-16)17(13-26-20)8-6-15-4-3-5-18(22)10-15/h3-5,7,9-11,14,17,24H,6,8,12-13H2,1-2H3,(H,23,25). The summed E-state index contributed by atoms with van der Waals surface area (Å²) in [6.07, 6.45) is 1.91. The van der Waals surface area contributed by atoms with Gasteiger partial charge in [0.05, 0.1) is 6.04 Å². The monoisotopic (exact) mass is 372 g/mol. The number of halogens is 1. The van der Waals surface area contributed by atoms with E-state index in [-0.39, 0.29) is 17.8 Å². The van der Waals surface area contributed by atoms with E-state index >= 15 is 0 Å². The SMILES string of the molecule is CNC(=O)C(C)NCc1ccc2c(c1)C(CCc1cccc(F)c1)CS2. The number of hydrogen-bond donors (Lipinski definition) is 2. The molecule has 3 rings (SSSR count). The maximum Gasteiger partial charge on any atom is 0.236 e. The van der Waals surface area contributed by atoms with Crippen LogP contribution in [0.2, 0.25) is 0 Å². The Kier molecular flexibility index (Phi) is 6.33. The van der Waals surface area contributed by atoms with E-state index in [0.717, 1.165) is 24.2 Å². The predicted molar refractivity (Wildman–Crippen MR) is 105 cm³/mol. The predicted octanol–water partition coefficient (Wildman–Crippen LogP) is 3.87. The van der Waals surface area contributed by atoms with Gasteiger partial charge >= 0.3 is 0 Å². The van der Waals surface area contributed by atoms with E-state index in [1.807, 2.05) is 24.8 Å². The van der Waals surface area contributed by atoms with Crippen LogP contribution in [0.4, 0.5) is 4.39 Å². The molecule has 2 unspecified atom stereocenters. The third-order valence-electron chi connectivity index (χ3n) is 4.88. The quantitative estimate of drug-likeness (QED) is 0.775. The van der Waals surface area contributed by atoms with Crippen LogP contribution in [0, 0.1) is 5.82 Å². The van der Waals surface area contributed by atoms with Gasteiger partial charge in [0.1, 0.15) is 5.82 Å². The van der Waals surface area contributed by atoms with Crippen LogP contribution < -0.4 is 10.6 Å². The Morgan fingerprint density at radius 1 is 1.27 bits per heavy atom. The molecule has 1 aliphatic heterocycles. The van der Waals surface area contributed by atoms with Crippen molar-refractivity contribution in [3.63, 3.8) is 0 Å². The van der Waals surface area contributed by atoms with E-state index in [0.29, 0.717) is 12.5 Å². The average Bonchev–Trinajstić information content (AvgIpc) is 3.06. The van der Waals surface area contributed by atoms with Gasteiger partial charge in [-0.05, 0) is 60.6 Å². The molecule has 0 saturated heterocycles. The van der Waals surface area contributed by atoms with Crippen molar-refractivity contribution >= 4 is 17.7 Å². The number of carbonyl (C=O) groups excluding carboxylic acids is 1. The molecule has 2 N–H and O–H groups in total. The molecule has 2 aromatic rings. The van der Waals surface area contributed by atoms with E-state index in [2.05, 4.69) is 28.8 Å². The van der Waals surface area contributed by atoms with Crippen molar-refractivity contribution in [3.05, 3.63) is 65.0 Å². The number of carbonyl (C=O) groups is 1. The van der Waals surface area contributed by atoms with Gasteiger partial charge in [-0.25, -0.2) is 4.39 Å². The zero-order valence-corrected chi connectivity index (χ0v) is 16.0. The number of hydrogen-bond acceptors (Lipinski definition) is 3. The van der Waals surface area contributed by atoms with Crippen molar-refractivity contribution < 1.29 is 9.18 Å². The van der Waals surface area contributed by atoms with Crippen LogP contribution in [0.25, 0.3) is 0 Å². The minimum atomic E-state index is -0.216. The molecule has 1 amide bonds. The summed E-state index contributed by atoms with van der Waals surface area (Å²) in [7, 11) is 1.65. The maximum absolute atomic E-state index is 13.4. The van der Waals surface area contributed by atoms with Gasteiger partial charge in [-0.1, -0.05) is 24.3 Å². The normalized spacial score (nSPS) is 17.0. The summed E-state index contributed by atoms with van der Waals surface area (Å²) in [4.78, 5) is 13.0. The molecule has 1 heterocycles. The molecule has 26 heavy (non-hydrogen) atoms. The second-order valence-electron chi connectivity index (χ2n) is 6.77. The Morgan fingerprint density at radius 3 is 2.88 bits per heavy atom. The van der Waals surface area contributed by atoms with Crippen molar-refractivity contribution in [1.29, 1.82) is 0 Å². The summed E-state index contributed by atoms with van der Waals surface area (Å²) in [5.74, 6) is 1.41. The first-order valence-electron chi connectivity index (χ1n) is 9.02. The van der Waals surface area contributed by atoms with Gasteiger partial charge in [-0.3, -0.25) is 4.79 Å². The lowest BCUT2D eigenvalue weighted by atomic mass is 9.93. The number of amides is 1. The van der Waals surface area contributed by atoms with Crippen LogP contribution in [0.5, 0.6) is 0 Å². The summed E-state index contributed by atoms with van der Waals surface area (Å²) >= 11 is 1.90.